The third-order valence-electron chi connectivity index (χ3n) is 7.29. The van der Waals surface area contributed by atoms with Gasteiger partial charge >= 0.3 is 0 Å². The Morgan fingerprint density at radius 3 is 1.25 bits per heavy atom. The molecule has 0 fully saturated rings. The largest absolute Gasteiger partial charge is 0.456 e. The van der Waals surface area contributed by atoms with Crippen LogP contribution in [0, 0.1) is 0 Å². The zero-order valence-electron chi connectivity index (χ0n) is 21.9. The van der Waals surface area contributed by atoms with E-state index >= 15 is 0 Å². The van der Waals surface area contributed by atoms with Crippen molar-refractivity contribution in [1.82, 2.24) is 0 Å². The highest BCUT2D eigenvalue weighted by atomic mass is 16.5. The summed E-state index contributed by atoms with van der Waals surface area (Å²) in [5, 5.41) is 4.53. The molecule has 0 amide bonds. The minimum absolute atomic E-state index is 0.830. The first-order valence-electron chi connectivity index (χ1n) is 13.5. The van der Waals surface area contributed by atoms with Crippen molar-refractivity contribution in [2.75, 3.05) is 4.90 Å². The molecule has 7 rings (SSSR count). The lowest BCUT2D eigenvalue weighted by Gasteiger charge is -2.25. The Morgan fingerprint density at radius 1 is 0.350 bits per heavy atom. The van der Waals surface area contributed by atoms with Gasteiger partial charge in [-0.1, -0.05) is 115 Å². The van der Waals surface area contributed by atoms with Gasteiger partial charge in [0.1, 0.15) is 11.5 Å². The van der Waals surface area contributed by atoms with Crippen LogP contribution in [0.25, 0.3) is 32.7 Å². The van der Waals surface area contributed by atoms with Crippen LogP contribution in [0.2, 0.25) is 0 Å². The number of fused-ring (bicyclic) bond motifs is 2. The van der Waals surface area contributed by atoms with Crippen LogP contribution in [0.4, 0.5) is 17.1 Å². The number of para-hydroxylation sites is 3. The average molecular weight is 514 g/mol. The molecule has 2 nitrogen and oxygen atoms in total. The Morgan fingerprint density at radius 2 is 0.750 bits per heavy atom. The molecule has 0 unspecified atom stereocenters. The number of ether oxygens (including phenoxy) is 1. The van der Waals surface area contributed by atoms with Crippen molar-refractivity contribution in [3.63, 3.8) is 0 Å². The molecule has 0 saturated carbocycles. The summed E-state index contributed by atoms with van der Waals surface area (Å²) in [6.07, 6.45) is 0. The monoisotopic (exact) mass is 513 g/mol. The maximum atomic E-state index is 6.54. The molecule has 0 N–H and O–H groups in total. The van der Waals surface area contributed by atoms with Crippen LogP contribution in [-0.4, -0.2) is 0 Å². The van der Waals surface area contributed by atoms with E-state index in [1.165, 1.54) is 21.9 Å². The summed E-state index contributed by atoms with van der Waals surface area (Å²) in [5.41, 5.74) is 5.74. The molecule has 0 spiro atoms. The Kier molecular flexibility index (Phi) is 6.20. The van der Waals surface area contributed by atoms with E-state index in [1.54, 1.807) is 0 Å². The molecule has 40 heavy (non-hydrogen) atoms. The molecule has 0 aliphatic rings. The van der Waals surface area contributed by atoms with Crippen molar-refractivity contribution in [3.05, 3.63) is 164 Å². The summed E-state index contributed by atoms with van der Waals surface area (Å²) in [4.78, 5) is 2.29. The van der Waals surface area contributed by atoms with Crippen LogP contribution in [-0.2, 0) is 0 Å². The summed E-state index contributed by atoms with van der Waals surface area (Å²) >= 11 is 0. The van der Waals surface area contributed by atoms with E-state index in [-0.39, 0.29) is 0 Å². The fourth-order valence-electron chi connectivity index (χ4n) is 5.49. The highest BCUT2D eigenvalue weighted by Crippen LogP contribution is 2.45. The van der Waals surface area contributed by atoms with Gasteiger partial charge in [-0.25, -0.2) is 0 Å². The van der Waals surface area contributed by atoms with E-state index in [1.807, 2.05) is 30.3 Å². The summed E-state index contributed by atoms with van der Waals surface area (Å²) in [5.74, 6) is 1.72. The van der Waals surface area contributed by atoms with Gasteiger partial charge in [0.05, 0.1) is 0 Å². The van der Waals surface area contributed by atoms with Crippen LogP contribution in [0.1, 0.15) is 0 Å². The molecule has 0 saturated heterocycles. The third-order valence-corrected chi connectivity index (χ3v) is 7.29. The summed E-state index contributed by atoms with van der Waals surface area (Å²) in [6, 6.07) is 57.0. The summed E-state index contributed by atoms with van der Waals surface area (Å²) in [7, 11) is 0. The zero-order chi connectivity index (χ0) is 26.7. The first kappa shape index (κ1) is 23.8. The van der Waals surface area contributed by atoms with E-state index in [4.69, 9.17) is 4.74 Å². The molecule has 0 aliphatic carbocycles. The number of benzene rings is 7. The first-order chi connectivity index (χ1) is 19.9. The second kappa shape index (κ2) is 10.4. The number of hydrogen-bond acceptors (Lipinski definition) is 2. The molecule has 7 aromatic carbocycles. The maximum absolute atomic E-state index is 6.54. The van der Waals surface area contributed by atoms with Crippen LogP contribution >= 0.6 is 0 Å². The van der Waals surface area contributed by atoms with Gasteiger partial charge in [-0.3, -0.25) is 0 Å². The van der Waals surface area contributed by atoms with Gasteiger partial charge in [-0.05, 0) is 70.4 Å². The molecular weight excluding hydrogens is 486 g/mol. The molecule has 0 aromatic heterocycles. The van der Waals surface area contributed by atoms with Crippen LogP contribution in [0.15, 0.2) is 164 Å². The van der Waals surface area contributed by atoms with E-state index < -0.39 is 0 Å². The van der Waals surface area contributed by atoms with Crippen molar-refractivity contribution in [1.29, 1.82) is 0 Å². The first-order valence-corrected chi connectivity index (χ1v) is 13.5. The zero-order valence-corrected chi connectivity index (χ0v) is 21.9. The van der Waals surface area contributed by atoms with E-state index in [9.17, 15) is 0 Å². The van der Waals surface area contributed by atoms with Gasteiger partial charge in [0.25, 0.3) is 0 Å². The minimum Gasteiger partial charge on any atom is -0.456 e. The lowest BCUT2D eigenvalue weighted by molar-refractivity contribution is 0.494. The van der Waals surface area contributed by atoms with E-state index in [2.05, 4.69) is 138 Å². The van der Waals surface area contributed by atoms with Crippen molar-refractivity contribution in [2.24, 2.45) is 0 Å². The van der Waals surface area contributed by atoms with Crippen molar-refractivity contribution in [3.8, 4) is 22.6 Å². The van der Waals surface area contributed by atoms with Crippen molar-refractivity contribution >= 4 is 38.6 Å². The molecular formula is C38H27NO. The van der Waals surface area contributed by atoms with Gasteiger partial charge < -0.3 is 9.64 Å². The SMILES string of the molecule is c1ccc(Oc2c3ccccc3c(-c3ccc(N(c4ccccc4)c4ccccc4)cc3)c3ccccc23)cc1. The van der Waals surface area contributed by atoms with Crippen LogP contribution in [0.3, 0.4) is 0 Å². The van der Waals surface area contributed by atoms with Crippen LogP contribution < -0.4 is 9.64 Å². The average Bonchev–Trinajstić information content (AvgIpc) is 3.03. The smallest absolute Gasteiger partial charge is 0.143 e. The molecule has 0 aliphatic heterocycles. The second-order valence-corrected chi connectivity index (χ2v) is 9.76. The number of hydrogen-bond donors (Lipinski definition) is 0. The molecule has 7 aromatic rings. The molecule has 2 heteroatoms. The summed E-state index contributed by atoms with van der Waals surface area (Å²) in [6.45, 7) is 0. The fraction of sp³-hybridized carbons (Fsp3) is 0. The lowest BCUT2D eigenvalue weighted by atomic mass is 9.91. The van der Waals surface area contributed by atoms with E-state index in [0.717, 1.165) is 39.3 Å². The third kappa shape index (κ3) is 4.36. The molecule has 0 heterocycles. The van der Waals surface area contributed by atoms with Gasteiger partial charge in [0, 0.05) is 27.8 Å². The van der Waals surface area contributed by atoms with E-state index in [0.29, 0.717) is 0 Å². The quantitative estimate of drug-likeness (QED) is 0.205. The number of nitrogens with zero attached hydrogens (tertiary/aromatic N) is 1. The summed E-state index contributed by atoms with van der Waals surface area (Å²) < 4.78 is 6.54. The highest BCUT2D eigenvalue weighted by Gasteiger charge is 2.18. The normalized spacial score (nSPS) is 11.0. The fourth-order valence-corrected chi connectivity index (χ4v) is 5.49. The Hall–Kier alpha value is -5.34. The topological polar surface area (TPSA) is 12.5 Å². The number of anilines is 3. The molecule has 0 radical (unpaired) electrons. The van der Waals surface area contributed by atoms with Gasteiger partial charge in [0.2, 0.25) is 0 Å². The molecule has 190 valence electrons. The standard InChI is InChI=1S/C38H27NO/c1-4-14-29(15-5-1)39(30-16-6-2-7-17-30)31-26-24-28(25-27-31)37-33-20-10-12-22-35(33)38(36-23-13-11-21-34(36)37)40-32-18-8-3-9-19-32/h1-27H. The van der Waals surface area contributed by atoms with Gasteiger partial charge in [-0.15, -0.1) is 0 Å². The Bertz CT molecular complexity index is 1800. The molecule has 0 atom stereocenters. The Balaban J connectivity index is 1.39. The highest BCUT2D eigenvalue weighted by molar-refractivity contribution is 6.17. The van der Waals surface area contributed by atoms with Crippen molar-refractivity contribution in [2.45, 2.75) is 0 Å². The van der Waals surface area contributed by atoms with Gasteiger partial charge in [-0.2, -0.15) is 0 Å². The maximum Gasteiger partial charge on any atom is 0.143 e. The van der Waals surface area contributed by atoms with Crippen molar-refractivity contribution < 1.29 is 4.74 Å². The predicted octanol–water partition coefficient (Wildman–Crippen LogP) is 10.9. The Labute approximate surface area is 234 Å². The second-order valence-electron chi connectivity index (χ2n) is 9.76. The lowest BCUT2D eigenvalue weighted by Crippen LogP contribution is -2.09. The molecule has 0 bridgehead atoms. The van der Waals surface area contributed by atoms with Crippen LogP contribution in [0.5, 0.6) is 11.5 Å². The van der Waals surface area contributed by atoms with Gasteiger partial charge in [0.15, 0.2) is 0 Å². The predicted molar refractivity (Wildman–Crippen MR) is 168 cm³/mol. The minimum atomic E-state index is 0.830. The number of rotatable bonds is 6.